The minimum Gasteiger partial charge on any atom is -0.507 e. The highest BCUT2D eigenvalue weighted by Gasteiger charge is 2.08. The van der Waals surface area contributed by atoms with Crippen molar-refractivity contribution in [1.82, 2.24) is 0 Å². The van der Waals surface area contributed by atoms with Crippen molar-refractivity contribution >= 4 is 23.8 Å². The Kier molecular flexibility index (Phi) is 30.8. The van der Waals surface area contributed by atoms with Crippen LogP contribution in [0.15, 0.2) is 64.6 Å². The van der Waals surface area contributed by atoms with Gasteiger partial charge >= 0.3 is 0 Å². The normalized spacial score (nSPS) is 11.6. The molecule has 7 nitrogen and oxygen atoms in total. The first-order valence-corrected chi connectivity index (χ1v) is 25.8. The van der Waals surface area contributed by atoms with Crippen molar-refractivity contribution in [3.8, 4) is 28.7 Å². The molecule has 0 unspecified atom stereocenters. The molecule has 0 aliphatic rings. The van der Waals surface area contributed by atoms with E-state index in [9.17, 15) is 10.2 Å². The first kappa shape index (κ1) is 53.3. The summed E-state index contributed by atoms with van der Waals surface area (Å²) in [7, 11) is 0. The highest BCUT2D eigenvalue weighted by Crippen LogP contribution is 2.34. The SMILES string of the molecule is CCCCCCCCCCCCCOc1ccc(C=Nc2ccc(OCCCCCCCCCC)cc2N=Cc2ccc(OCCCCCCCCCCCCC)cc2O)c(O)c1. The lowest BCUT2D eigenvalue weighted by Crippen LogP contribution is -1.98. The van der Waals surface area contributed by atoms with Gasteiger partial charge in [-0.3, -0.25) is 9.98 Å². The van der Waals surface area contributed by atoms with E-state index in [-0.39, 0.29) is 11.5 Å². The molecule has 63 heavy (non-hydrogen) atoms. The summed E-state index contributed by atoms with van der Waals surface area (Å²) in [5.74, 6) is 2.26. The lowest BCUT2D eigenvalue weighted by atomic mass is 10.1. The van der Waals surface area contributed by atoms with Crippen LogP contribution >= 0.6 is 0 Å². The summed E-state index contributed by atoms with van der Waals surface area (Å²) in [6, 6.07) is 16.5. The Morgan fingerprint density at radius 1 is 0.349 bits per heavy atom. The number of unbranched alkanes of at least 4 members (excludes halogenated alkanes) is 27. The molecule has 0 fully saturated rings. The van der Waals surface area contributed by atoms with E-state index >= 15 is 0 Å². The number of rotatable bonds is 40. The van der Waals surface area contributed by atoms with Gasteiger partial charge in [0.25, 0.3) is 0 Å². The maximum Gasteiger partial charge on any atom is 0.128 e. The van der Waals surface area contributed by atoms with E-state index in [4.69, 9.17) is 24.2 Å². The third-order valence-corrected chi connectivity index (χ3v) is 11.9. The number of hydrogen-bond donors (Lipinski definition) is 2. The number of benzene rings is 3. The van der Waals surface area contributed by atoms with Crippen molar-refractivity contribution < 1.29 is 24.4 Å². The van der Waals surface area contributed by atoms with Crippen LogP contribution in [0, 0.1) is 0 Å². The number of hydrogen-bond acceptors (Lipinski definition) is 7. The second-order valence-electron chi connectivity index (χ2n) is 17.7. The Labute approximate surface area is 384 Å². The van der Waals surface area contributed by atoms with E-state index in [2.05, 4.69) is 20.8 Å². The summed E-state index contributed by atoms with van der Waals surface area (Å²) in [6.07, 6.45) is 41.7. The molecule has 0 spiro atoms. The van der Waals surface area contributed by atoms with Gasteiger partial charge in [0, 0.05) is 41.8 Å². The zero-order chi connectivity index (χ0) is 44.8. The average molecular weight is 869 g/mol. The van der Waals surface area contributed by atoms with Gasteiger partial charge in [0.2, 0.25) is 0 Å². The topological polar surface area (TPSA) is 92.9 Å². The average Bonchev–Trinajstić information content (AvgIpc) is 3.29. The zero-order valence-electron chi connectivity index (χ0n) is 40.2. The van der Waals surface area contributed by atoms with Crippen molar-refractivity contribution in [2.45, 2.75) is 213 Å². The van der Waals surface area contributed by atoms with Crippen LogP contribution in [0.1, 0.15) is 225 Å². The highest BCUT2D eigenvalue weighted by molar-refractivity contribution is 5.90. The first-order valence-electron chi connectivity index (χ1n) is 25.8. The van der Waals surface area contributed by atoms with Crippen molar-refractivity contribution in [2.24, 2.45) is 9.98 Å². The van der Waals surface area contributed by atoms with Crippen LogP contribution in [-0.2, 0) is 0 Å². The van der Waals surface area contributed by atoms with E-state index in [1.54, 1.807) is 24.6 Å². The van der Waals surface area contributed by atoms with E-state index in [0.717, 1.165) is 37.9 Å². The smallest absolute Gasteiger partial charge is 0.128 e. The van der Waals surface area contributed by atoms with Crippen LogP contribution in [-0.4, -0.2) is 42.5 Å². The van der Waals surface area contributed by atoms with Gasteiger partial charge in [-0.25, -0.2) is 0 Å². The summed E-state index contributed by atoms with van der Waals surface area (Å²) in [5.41, 5.74) is 2.39. The van der Waals surface area contributed by atoms with Crippen LogP contribution < -0.4 is 14.2 Å². The Morgan fingerprint density at radius 3 is 0.968 bits per heavy atom. The Morgan fingerprint density at radius 2 is 0.635 bits per heavy atom. The molecule has 0 saturated heterocycles. The van der Waals surface area contributed by atoms with E-state index in [1.807, 2.05) is 42.5 Å². The lowest BCUT2D eigenvalue weighted by molar-refractivity contribution is 0.302. The zero-order valence-corrected chi connectivity index (χ0v) is 40.2. The quantitative estimate of drug-likeness (QED) is 0.0439. The number of nitrogens with zero attached hydrogens (tertiary/aromatic N) is 2. The van der Waals surface area contributed by atoms with Gasteiger partial charge < -0.3 is 24.4 Å². The minimum absolute atomic E-state index is 0.109. The lowest BCUT2D eigenvalue weighted by Gasteiger charge is -2.10. The molecule has 0 radical (unpaired) electrons. The summed E-state index contributed by atoms with van der Waals surface area (Å²) in [5, 5.41) is 21.8. The number of ether oxygens (including phenoxy) is 3. The van der Waals surface area contributed by atoms with Crippen molar-refractivity contribution in [2.75, 3.05) is 19.8 Å². The molecule has 3 aromatic rings. The first-order chi connectivity index (χ1) is 31.0. The number of phenols is 2. The molecule has 3 rings (SSSR count). The third kappa shape index (κ3) is 25.8. The minimum atomic E-state index is 0.109. The van der Waals surface area contributed by atoms with Crippen molar-refractivity contribution in [3.05, 3.63) is 65.7 Å². The maximum atomic E-state index is 10.9. The molecule has 352 valence electrons. The molecule has 7 heteroatoms. The molecule has 2 N–H and O–H groups in total. The molecular formula is C56H88N2O5. The van der Waals surface area contributed by atoms with Crippen LogP contribution in [0.25, 0.3) is 0 Å². The van der Waals surface area contributed by atoms with Gasteiger partial charge in [-0.15, -0.1) is 0 Å². The Hall–Kier alpha value is -4.00. The molecule has 0 aliphatic heterocycles. The molecule has 0 heterocycles. The van der Waals surface area contributed by atoms with Gasteiger partial charge in [0.15, 0.2) is 0 Å². The number of aromatic hydroxyl groups is 2. The fourth-order valence-electron chi connectivity index (χ4n) is 7.87. The summed E-state index contributed by atoms with van der Waals surface area (Å²) < 4.78 is 18.1. The largest absolute Gasteiger partial charge is 0.507 e. The number of phenolic OH excluding ortho intramolecular Hbond substituents is 2. The molecule has 0 aromatic heterocycles. The second-order valence-corrected chi connectivity index (χ2v) is 17.7. The van der Waals surface area contributed by atoms with E-state index in [0.29, 0.717) is 53.8 Å². The molecule has 3 aromatic carbocycles. The van der Waals surface area contributed by atoms with E-state index < -0.39 is 0 Å². The summed E-state index contributed by atoms with van der Waals surface area (Å²) in [6.45, 7) is 8.72. The van der Waals surface area contributed by atoms with Crippen LogP contribution in [0.3, 0.4) is 0 Å². The van der Waals surface area contributed by atoms with E-state index in [1.165, 1.54) is 161 Å². The monoisotopic (exact) mass is 869 g/mol. The Bertz CT molecular complexity index is 1640. The third-order valence-electron chi connectivity index (χ3n) is 11.9. The predicted octanol–water partition coefficient (Wildman–Crippen LogP) is 17.5. The van der Waals surface area contributed by atoms with Gasteiger partial charge in [-0.1, -0.05) is 194 Å². The van der Waals surface area contributed by atoms with Crippen molar-refractivity contribution in [1.29, 1.82) is 0 Å². The van der Waals surface area contributed by atoms with Crippen molar-refractivity contribution in [3.63, 3.8) is 0 Å². The van der Waals surface area contributed by atoms with Crippen LogP contribution in [0.5, 0.6) is 28.7 Å². The highest BCUT2D eigenvalue weighted by atomic mass is 16.5. The summed E-state index contributed by atoms with van der Waals surface area (Å²) in [4.78, 5) is 9.54. The predicted molar refractivity (Wildman–Crippen MR) is 269 cm³/mol. The van der Waals surface area contributed by atoms with Crippen LogP contribution in [0.2, 0.25) is 0 Å². The van der Waals surface area contributed by atoms with Gasteiger partial charge in [0.1, 0.15) is 28.7 Å². The second kappa shape index (κ2) is 36.4. The fraction of sp³-hybridized carbons (Fsp3) is 0.643. The summed E-state index contributed by atoms with van der Waals surface area (Å²) >= 11 is 0. The van der Waals surface area contributed by atoms with Gasteiger partial charge in [-0.05, 0) is 55.7 Å². The fourth-order valence-corrected chi connectivity index (χ4v) is 7.87. The Balaban J connectivity index is 1.53. The van der Waals surface area contributed by atoms with Gasteiger partial charge in [-0.2, -0.15) is 0 Å². The maximum absolute atomic E-state index is 10.9. The molecule has 0 aliphatic carbocycles. The molecule has 0 saturated carbocycles. The molecule has 0 bridgehead atoms. The molecule has 0 atom stereocenters. The molecule has 0 amide bonds. The van der Waals surface area contributed by atoms with Gasteiger partial charge in [0.05, 0.1) is 31.2 Å². The molecular weight excluding hydrogens is 781 g/mol. The van der Waals surface area contributed by atoms with Crippen LogP contribution in [0.4, 0.5) is 11.4 Å². The number of aliphatic imine (C=N–C) groups is 2. The standard InChI is InChI=1S/C56H88N2O5/c1-4-7-10-13-16-19-21-23-26-29-32-41-62-51-36-34-48(55(59)44-51)46-57-53-39-38-50(61-40-31-28-25-18-15-12-9-6-3)43-54(53)58-47-49-35-37-52(45-56(49)60)63-42-33-30-27-24-22-20-17-14-11-8-5-2/h34-39,43-47,59-60H,4-33,40-42H2,1-3H3.